The molecular formula is CH3F3O4S. The second kappa shape index (κ2) is 4.53. The van der Waals surface area contributed by atoms with E-state index in [0.717, 1.165) is 0 Å². The Morgan fingerprint density at radius 1 is 1.11 bits per heavy atom. The van der Waals surface area contributed by atoms with Gasteiger partial charge in [-0.3, -0.25) is 9.11 Å². The Hall–Kier alpha value is -0.340. The van der Waals surface area contributed by atoms with Gasteiger partial charge in [0.1, 0.15) is 0 Å². The third-order valence-electron chi connectivity index (χ3n) is 0. The molecule has 0 unspecified atom stereocenters. The lowest BCUT2D eigenvalue weighted by molar-refractivity contribution is 0.00819. The lowest BCUT2D eigenvalue weighted by Crippen LogP contribution is -1.89. The fourth-order valence-corrected chi connectivity index (χ4v) is 0. The fraction of sp³-hybridized carbons (Fsp3) is 1.00. The first-order valence-corrected chi connectivity index (χ1v) is 2.75. The molecule has 58 valence electrons. The Balaban J connectivity index is 0. The van der Waals surface area contributed by atoms with Crippen molar-refractivity contribution in [3.05, 3.63) is 0 Å². The highest BCUT2D eigenvalue weighted by Gasteiger charge is 1.86. The number of halogens is 3. The molecule has 0 saturated carbocycles. The van der Waals surface area contributed by atoms with E-state index in [-0.39, 0.29) is 0 Å². The van der Waals surface area contributed by atoms with Gasteiger partial charge in [-0.05, 0) is 0 Å². The van der Waals surface area contributed by atoms with Gasteiger partial charge in [-0.2, -0.15) is 21.6 Å². The summed E-state index contributed by atoms with van der Waals surface area (Å²) in [6.45, 7) is -3.67. The first kappa shape index (κ1) is 11.5. The quantitative estimate of drug-likeness (QED) is 0.517. The average molecular weight is 168 g/mol. The van der Waals surface area contributed by atoms with Crippen LogP contribution in [0.15, 0.2) is 0 Å². The molecule has 0 aromatic heterocycles. The first-order valence-electron chi connectivity index (χ1n) is 1.35. The third kappa shape index (κ3) is 2120. The van der Waals surface area contributed by atoms with E-state index < -0.39 is 17.1 Å². The van der Waals surface area contributed by atoms with E-state index in [1.54, 1.807) is 0 Å². The van der Waals surface area contributed by atoms with Gasteiger partial charge in [-0.25, -0.2) is 0 Å². The van der Waals surface area contributed by atoms with Gasteiger partial charge in [0.05, 0.1) is 0 Å². The molecular weight excluding hydrogens is 165 g/mol. The number of rotatable bonds is 0. The van der Waals surface area contributed by atoms with Crippen LogP contribution < -0.4 is 0 Å². The molecule has 0 saturated heterocycles. The molecule has 4 nitrogen and oxygen atoms in total. The first-order chi connectivity index (χ1) is 3.73. The largest absolute Gasteiger partial charge is 0.394 e. The number of alkyl halides is 3. The molecule has 0 aromatic rings. The molecule has 0 amide bonds. The van der Waals surface area contributed by atoms with Crippen LogP contribution in [-0.4, -0.2) is 24.2 Å². The molecule has 0 aliphatic carbocycles. The predicted octanol–water partition coefficient (Wildman–Crippen LogP) is 0.526. The Morgan fingerprint density at radius 3 is 1.11 bits per heavy atom. The standard InChI is InChI=1S/CHF3.H2O4S/c2-1(3)4;1-5(2,3)4/h1H;(H2,1,2,3,4). The number of hydrogen-bond donors (Lipinski definition) is 2. The summed E-state index contributed by atoms with van der Waals surface area (Å²) >= 11 is 0. The van der Waals surface area contributed by atoms with Gasteiger partial charge < -0.3 is 0 Å². The van der Waals surface area contributed by atoms with E-state index in [1.165, 1.54) is 0 Å². The minimum Gasteiger partial charge on any atom is -0.264 e. The second-order valence-corrected chi connectivity index (χ2v) is 1.59. The fourth-order valence-electron chi connectivity index (χ4n) is 0. The molecule has 0 aromatic carbocycles. The Bertz CT molecular complexity index is 127. The normalized spacial score (nSPS) is 10.4. The highest BCUT2D eigenvalue weighted by molar-refractivity contribution is 7.79. The molecule has 9 heavy (non-hydrogen) atoms. The van der Waals surface area contributed by atoms with Crippen LogP contribution >= 0.6 is 0 Å². The van der Waals surface area contributed by atoms with Crippen LogP contribution in [0.2, 0.25) is 0 Å². The van der Waals surface area contributed by atoms with Gasteiger partial charge in [0.2, 0.25) is 0 Å². The highest BCUT2D eigenvalue weighted by atomic mass is 32.3. The van der Waals surface area contributed by atoms with Crippen LogP contribution in [0.5, 0.6) is 0 Å². The molecule has 0 spiro atoms. The van der Waals surface area contributed by atoms with Crippen LogP contribution in [0.4, 0.5) is 13.2 Å². The maximum atomic E-state index is 9.67. The molecule has 0 fully saturated rings. The third-order valence-corrected chi connectivity index (χ3v) is 0. The molecule has 0 heterocycles. The smallest absolute Gasteiger partial charge is 0.264 e. The van der Waals surface area contributed by atoms with Crippen LogP contribution in [-0.2, 0) is 10.4 Å². The molecule has 0 atom stereocenters. The van der Waals surface area contributed by atoms with Gasteiger partial charge in [0.15, 0.2) is 0 Å². The van der Waals surface area contributed by atoms with Crippen molar-refractivity contribution in [1.29, 1.82) is 0 Å². The van der Waals surface area contributed by atoms with Gasteiger partial charge in [0.25, 0.3) is 0 Å². The lowest BCUT2D eigenvalue weighted by atomic mass is 11.6. The monoisotopic (exact) mass is 168 g/mol. The van der Waals surface area contributed by atoms with Gasteiger partial charge in [0, 0.05) is 0 Å². The Morgan fingerprint density at radius 2 is 1.11 bits per heavy atom. The minimum absolute atomic E-state index is 3.67. The van der Waals surface area contributed by atoms with Gasteiger partial charge in [-0.1, -0.05) is 0 Å². The maximum Gasteiger partial charge on any atom is 0.394 e. The highest BCUT2D eigenvalue weighted by Crippen LogP contribution is 1.87. The van der Waals surface area contributed by atoms with E-state index >= 15 is 0 Å². The molecule has 0 bridgehead atoms. The van der Waals surface area contributed by atoms with Gasteiger partial charge in [-0.15, -0.1) is 0 Å². The summed E-state index contributed by atoms with van der Waals surface area (Å²) in [4.78, 5) is 0. The summed E-state index contributed by atoms with van der Waals surface area (Å²) in [5.74, 6) is 0. The van der Waals surface area contributed by atoms with Crippen molar-refractivity contribution in [2.24, 2.45) is 0 Å². The van der Waals surface area contributed by atoms with E-state index in [4.69, 9.17) is 17.5 Å². The van der Waals surface area contributed by atoms with Crippen molar-refractivity contribution >= 4 is 10.4 Å². The molecule has 2 N–H and O–H groups in total. The Kier molecular flexibility index (Phi) is 5.77. The summed E-state index contributed by atoms with van der Waals surface area (Å²) in [5.41, 5.74) is 0. The van der Waals surface area contributed by atoms with Crippen molar-refractivity contribution in [3.8, 4) is 0 Å². The minimum atomic E-state index is -4.67. The van der Waals surface area contributed by atoms with Crippen molar-refractivity contribution in [2.45, 2.75) is 6.68 Å². The second-order valence-electron chi connectivity index (χ2n) is 0.695. The van der Waals surface area contributed by atoms with Crippen LogP contribution in [0.3, 0.4) is 0 Å². The molecule has 0 aliphatic heterocycles. The summed E-state index contributed by atoms with van der Waals surface area (Å²) < 4.78 is 60.6. The van der Waals surface area contributed by atoms with E-state index in [9.17, 15) is 13.2 Å². The average Bonchev–Trinajstić information content (AvgIpc) is 1.19. The van der Waals surface area contributed by atoms with Crippen molar-refractivity contribution in [1.82, 2.24) is 0 Å². The SMILES string of the molecule is FC(F)F.O=S(=O)(O)O. The van der Waals surface area contributed by atoms with E-state index in [1.807, 2.05) is 0 Å². The van der Waals surface area contributed by atoms with Crippen LogP contribution in [0, 0.1) is 0 Å². The van der Waals surface area contributed by atoms with Crippen molar-refractivity contribution in [3.63, 3.8) is 0 Å². The molecule has 0 radical (unpaired) electrons. The molecule has 8 heteroatoms. The van der Waals surface area contributed by atoms with E-state index in [2.05, 4.69) is 0 Å². The summed E-state index contributed by atoms with van der Waals surface area (Å²) in [7, 11) is -4.67. The zero-order valence-corrected chi connectivity index (χ0v) is 4.65. The summed E-state index contributed by atoms with van der Waals surface area (Å²) in [6.07, 6.45) is 0. The topological polar surface area (TPSA) is 74.6 Å². The van der Waals surface area contributed by atoms with E-state index in [0.29, 0.717) is 0 Å². The molecule has 0 rings (SSSR count). The maximum absolute atomic E-state index is 9.67. The van der Waals surface area contributed by atoms with Gasteiger partial charge >= 0.3 is 17.1 Å². The molecule has 0 aliphatic rings. The predicted molar refractivity (Wildman–Crippen MR) is 21.3 cm³/mol. The number of hydrogen-bond acceptors (Lipinski definition) is 2. The van der Waals surface area contributed by atoms with Crippen molar-refractivity contribution in [2.75, 3.05) is 0 Å². The summed E-state index contributed by atoms with van der Waals surface area (Å²) in [5, 5.41) is 0. The zero-order valence-electron chi connectivity index (χ0n) is 3.83. The van der Waals surface area contributed by atoms with Crippen LogP contribution in [0.1, 0.15) is 0 Å². The lowest BCUT2D eigenvalue weighted by Gasteiger charge is -1.68. The zero-order chi connectivity index (χ0) is 8.08. The van der Waals surface area contributed by atoms with Crippen molar-refractivity contribution < 1.29 is 30.7 Å². The Labute approximate surface area is 48.9 Å². The summed E-state index contributed by atoms with van der Waals surface area (Å²) in [6, 6.07) is 0. The van der Waals surface area contributed by atoms with Crippen LogP contribution in [0.25, 0.3) is 0 Å².